The lowest BCUT2D eigenvalue weighted by Gasteiger charge is -2.13. The van der Waals surface area contributed by atoms with Crippen molar-refractivity contribution in [1.29, 1.82) is 0 Å². The average molecular weight is 223 g/mol. The van der Waals surface area contributed by atoms with Crippen molar-refractivity contribution in [2.45, 2.75) is 6.92 Å². The number of thiophene rings is 1. The summed E-state index contributed by atoms with van der Waals surface area (Å²) >= 11 is 1.50. The molecule has 0 saturated carbocycles. The van der Waals surface area contributed by atoms with Gasteiger partial charge in [0, 0.05) is 19.8 Å². The Labute approximate surface area is 96.2 Å². The lowest BCUT2D eigenvalue weighted by Crippen LogP contribution is -2.25. The van der Waals surface area contributed by atoms with Crippen molar-refractivity contribution >= 4 is 48.9 Å². The molecule has 0 unspecified atom stereocenters. The molecule has 0 amide bonds. The van der Waals surface area contributed by atoms with Gasteiger partial charge in [-0.2, -0.15) is 0 Å². The second-order valence-electron chi connectivity index (χ2n) is 3.58. The number of carbonyl (C=O) groups is 1. The van der Waals surface area contributed by atoms with Gasteiger partial charge in [0.2, 0.25) is 0 Å². The van der Waals surface area contributed by atoms with Crippen molar-refractivity contribution in [1.82, 2.24) is 0 Å². The van der Waals surface area contributed by atoms with Gasteiger partial charge >= 0.3 is 5.97 Å². The zero-order valence-electron chi connectivity index (χ0n) is 9.88. The molecule has 0 aromatic carbocycles. The lowest BCUT2D eigenvalue weighted by atomic mass is 9.90. The molecule has 1 aromatic rings. The van der Waals surface area contributed by atoms with Gasteiger partial charge in [0.25, 0.3) is 0 Å². The predicted molar refractivity (Wildman–Crippen MR) is 71.0 cm³/mol. The molecule has 0 aliphatic heterocycles. The average Bonchev–Trinajstić information content (AvgIpc) is 2.42. The van der Waals surface area contributed by atoms with E-state index in [1.807, 2.05) is 41.6 Å². The number of hydrogen-bond donors (Lipinski definition) is 0. The number of hydrogen-bond acceptors (Lipinski definition) is 4. The minimum Gasteiger partial charge on any atom is -0.462 e. The van der Waals surface area contributed by atoms with Crippen LogP contribution in [0.15, 0.2) is 0 Å². The SMILES string of the molecule is Bc1sc(C(=O)OCC)c(B)c1N(C)C. The van der Waals surface area contributed by atoms with Crippen molar-refractivity contribution in [3.8, 4) is 0 Å². The minimum atomic E-state index is -0.212. The number of esters is 1. The normalized spacial score (nSPS) is 10.1. The maximum absolute atomic E-state index is 11.6. The summed E-state index contributed by atoms with van der Waals surface area (Å²) in [5, 5.41) is 0. The Morgan fingerprint density at radius 2 is 2.07 bits per heavy atom. The molecule has 6 heteroatoms. The van der Waals surface area contributed by atoms with Crippen molar-refractivity contribution in [2.24, 2.45) is 0 Å². The largest absolute Gasteiger partial charge is 0.462 e. The topological polar surface area (TPSA) is 29.5 Å². The second kappa shape index (κ2) is 4.75. The summed E-state index contributed by atoms with van der Waals surface area (Å²) < 4.78 is 6.16. The highest BCUT2D eigenvalue weighted by molar-refractivity contribution is 7.23. The molecule has 0 bridgehead atoms. The standard InChI is InChI=1S/C9H15B2NO2S/c1-4-14-9(13)7-5(10)6(12(2)3)8(11)15-7/h4,10-11H2,1-3H3. The van der Waals surface area contributed by atoms with E-state index in [0.717, 1.165) is 20.8 Å². The van der Waals surface area contributed by atoms with Gasteiger partial charge in [-0.3, -0.25) is 0 Å². The zero-order valence-corrected chi connectivity index (χ0v) is 10.7. The first-order chi connectivity index (χ1) is 6.99. The fourth-order valence-electron chi connectivity index (χ4n) is 1.69. The van der Waals surface area contributed by atoms with Crippen LogP contribution in [0.4, 0.5) is 5.69 Å². The summed E-state index contributed by atoms with van der Waals surface area (Å²) in [7, 11) is 7.95. The zero-order chi connectivity index (χ0) is 11.6. The van der Waals surface area contributed by atoms with Crippen LogP contribution in [-0.4, -0.2) is 42.4 Å². The molecular weight excluding hydrogens is 208 g/mol. The molecule has 0 spiro atoms. The minimum absolute atomic E-state index is 0.212. The molecule has 0 atom stereocenters. The molecule has 0 N–H and O–H groups in total. The Bertz CT molecular complexity index is 376. The van der Waals surface area contributed by atoms with E-state index in [9.17, 15) is 4.79 Å². The van der Waals surface area contributed by atoms with Gasteiger partial charge in [0.05, 0.1) is 6.61 Å². The number of rotatable bonds is 3. The molecule has 0 aliphatic carbocycles. The molecule has 0 aliphatic rings. The smallest absolute Gasteiger partial charge is 0.347 e. The van der Waals surface area contributed by atoms with Crippen LogP contribution in [0.2, 0.25) is 0 Å². The lowest BCUT2D eigenvalue weighted by molar-refractivity contribution is 0.0533. The van der Waals surface area contributed by atoms with E-state index < -0.39 is 0 Å². The van der Waals surface area contributed by atoms with Gasteiger partial charge in [-0.05, 0) is 17.2 Å². The van der Waals surface area contributed by atoms with E-state index >= 15 is 0 Å². The summed E-state index contributed by atoms with van der Waals surface area (Å²) in [4.78, 5) is 14.4. The Balaban J connectivity index is 3.12. The van der Waals surface area contributed by atoms with Gasteiger partial charge < -0.3 is 9.64 Å². The fraction of sp³-hybridized carbons (Fsp3) is 0.444. The maximum atomic E-state index is 11.6. The number of ether oxygens (including phenoxy) is 1. The van der Waals surface area contributed by atoms with Crippen LogP contribution in [-0.2, 0) is 4.74 Å². The van der Waals surface area contributed by atoms with E-state index in [4.69, 9.17) is 4.74 Å². The highest BCUT2D eigenvalue weighted by Crippen LogP contribution is 2.15. The van der Waals surface area contributed by atoms with E-state index in [2.05, 4.69) is 0 Å². The third-order valence-corrected chi connectivity index (χ3v) is 3.37. The molecule has 0 saturated heterocycles. The van der Waals surface area contributed by atoms with Crippen LogP contribution in [0.3, 0.4) is 0 Å². The van der Waals surface area contributed by atoms with E-state index in [1.165, 1.54) is 11.3 Å². The van der Waals surface area contributed by atoms with Crippen molar-refractivity contribution < 1.29 is 9.53 Å². The summed E-state index contributed by atoms with van der Waals surface area (Å²) in [6.45, 7) is 2.24. The molecule has 1 aromatic heterocycles. The Kier molecular flexibility index (Phi) is 3.85. The van der Waals surface area contributed by atoms with Crippen LogP contribution < -0.4 is 15.1 Å². The van der Waals surface area contributed by atoms with E-state index in [1.54, 1.807) is 0 Å². The van der Waals surface area contributed by atoms with Crippen LogP contribution in [0.1, 0.15) is 16.6 Å². The Hall–Kier alpha value is -0.900. The molecule has 0 radical (unpaired) electrons. The Morgan fingerprint density at radius 1 is 1.47 bits per heavy atom. The van der Waals surface area contributed by atoms with Gasteiger partial charge in [-0.25, -0.2) is 4.79 Å². The quantitative estimate of drug-likeness (QED) is 0.461. The third-order valence-electron chi connectivity index (χ3n) is 2.19. The monoisotopic (exact) mass is 223 g/mol. The van der Waals surface area contributed by atoms with Crippen LogP contribution in [0, 0.1) is 0 Å². The predicted octanol–water partition coefficient (Wildman–Crippen LogP) is -1.49. The summed E-state index contributed by atoms with van der Waals surface area (Å²) in [6, 6.07) is 0. The second-order valence-corrected chi connectivity index (χ2v) is 4.80. The van der Waals surface area contributed by atoms with Crippen molar-refractivity contribution in [3.05, 3.63) is 4.88 Å². The van der Waals surface area contributed by atoms with Gasteiger partial charge in [-0.15, -0.1) is 11.3 Å². The molecule has 3 nitrogen and oxygen atoms in total. The number of nitrogens with zero attached hydrogens (tertiary/aromatic N) is 1. The third kappa shape index (κ3) is 2.37. The van der Waals surface area contributed by atoms with Crippen LogP contribution in [0.25, 0.3) is 0 Å². The summed E-state index contributed by atoms with van der Waals surface area (Å²) in [6.07, 6.45) is 0. The fourth-order valence-corrected chi connectivity index (χ4v) is 2.82. The Morgan fingerprint density at radius 3 is 2.47 bits per heavy atom. The molecular formula is C9H15B2NO2S. The number of anilines is 1. The van der Waals surface area contributed by atoms with Gasteiger partial charge in [-0.1, -0.05) is 0 Å². The van der Waals surface area contributed by atoms with Crippen LogP contribution >= 0.6 is 11.3 Å². The van der Waals surface area contributed by atoms with Crippen molar-refractivity contribution in [2.75, 3.05) is 25.6 Å². The first-order valence-corrected chi connectivity index (χ1v) is 5.75. The first-order valence-electron chi connectivity index (χ1n) is 4.93. The maximum Gasteiger partial charge on any atom is 0.347 e. The van der Waals surface area contributed by atoms with Gasteiger partial charge in [0.1, 0.15) is 12.7 Å². The number of carbonyl (C=O) groups excluding carboxylic acids is 1. The molecule has 80 valence electrons. The molecule has 0 fully saturated rings. The molecule has 15 heavy (non-hydrogen) atoms. The van der Waals surface area contributed by atoms with E-state index in [-0.39, 0.29) is 5.97 Å². The summed E-state index contributed by atoms with van der Waals surface area (Å²) in [5.41, 5.74) is 2.14. The molecule has 1 heterocycles. The van der Waals surface area contributed by atoms with Crippen LogP contribution in [0.5, 0.6) is 0 Å². The van der Waals surface area contributed by atoms with Gasteiger partial charge in [0.15, 0.2) is 7.85 Å². The first kappa shape index (κ1) is 12.2. The molecule has 1 rings (SSSR count). The van der Waals surface area contributed by atoms with E-state index in [0.29, 0.717) is 6.61 Å². The highest BCUT2D eigenvalue weighted by Gasteiger charge is 2.19. The van der Waals surface area contributed by atoms with Crippen molar-refractivity contribution in [3.63, 3.8) is 0 Å². The highest BCUT2D eigenvalue weighted by atomic mass is 32.1. The summed E-state index contributed by atoms with van der Waals surface area (Å²) in [5.74, 6) is -0.212.